The van der Waals surface area contributed by atoms with Crippen LogP contribution in [-0.4, -0.2) is 5.97 Å². The van der Waals surface area contributed by atoms with Gasteiger partial charge in [0.2, 0.25) is 0 Å². The van der Waals surface area contributed by atoms with Crippen molar-refractivity contribution in [1.82, 2.24) is 0 Å². The van der Waals surface area contributed by atoms with Crippen LogP contribution in [0.3, 0.4) is 0 Å². The maximum Gasteiger partial charge on any atom is 0.182 e. The summed E-state index contributed by atoms with van der Waals surface area (Å²) in [5.41, 5.74) is 21.2. The molecular weight excluding hydrogens is 965 g/mol. The van der Waals surface area contributed by atoms with Crippen molar-refractivity contribution >= 4 is 16.9 Å². The van der Waals surface area contributed by atoms with Crippen LogP contribution in [0.2, 0.25) is 0 Å². The first-order valence-electron chi connectivity index (χ1n) is 26.5. The molecule has 0 bridgehead atoms. The van der Waals surface area contributed by atoms with E-state index in [2.05, 4.69) is 309 Å². The number of carboxylic acids is 1. The predicted octanol–water partition coefficient (Wildman–Crippen LogP) is 18.9. The lowest BCUT2D eigenvalue weighted by molar-refractivity contribution is -0.305. The van der Waals surface area contributed by atoms with Gasteiger partial charge in [-0.05, 0) is 110 Å². The molecule has 0 aliphatic carbocycles. The highest BCUT2D eigenvalue weighted by Gasteiger charge is 2.44. The van der Waals surface area contributed by atoms with E-state index in [1.165, 1.54) is 88.4 Å². The fraction of sp³-hybridized carbons (Fsp3) is 0.0267. The molecule has 0 unspecified atom stereocenters. The zero-order valence-corrected chi connectivity index (χ0v) is 44.2. The van der Waals surface area contributed by atoms with Crippen LogP contribution in [0.25, 0.3) is 100 Å². The quantitative estimate of drug-likeness (QED) is 0.108. The molecule has 3 heteroatoms. The Balaban J connectivity index is 0.00000124. The van der Waals surface area contributed by atoms with Crippen molar-refractivity contribution in [2.24, 2.45) is 0 Å². The van der Waals surface area contributed by atoms with E-state index in [0.29, 0.717) is 0 Å². The third-order valence-corrected chi connectivity index (χ3v) is 16.5. The SMILES string of the molecule is CCC(=O)[O-].c1ccc(-c2cc(-c3ccccc3)c([S+](c3c(-c4ccccc4)cc(-c4ccccc4)cc3-c3ccccc3)c3c(-c4ccccc4)cc(-c4ccccc4)cc3-c3ccccc3)c(-c3ccccc3)c2)cc1. The van der Waals surface area contributed by atoms with Crippen molar-refractivity contribution < 1.29 is 9.90 Å². The maximum atomic E-state index is 9.26. The van der Waals surface area contributed by atoms with Crippen LogP contribution in [-0.2, 0) is 15.7 Å². The highest BCUT2D eigenvalue weighted by atomic mass is 32.2. The van der Waals surface area contributed by atoms with Crippen LogP contribution >= 0.6 is 0 Å². The van der Waals surface area contributed by atoms with E-state index in [4.69, 9.17) is 0 Å². The lowest BCUT2D eigenvalue weighted by Crippen LogP contribution is -2.19. The molecule has 0 aliphatic rings. The van der Waals surface area contributed by atoms with Gasteiger partial charge in [0.1, 0.15) is 10.9 Å². The number of aliphatic carboxylic acids is 1. The third kappa shape index (κ3) is 11.1. The molecule has 12 aromatic carbocycles. The van der Waals surface area contributed by atoms with Crippen LogP contribution in [0.5, 0.6) is 0 Å². The first kappa shape index (κ1) is 50.6. The zero-order chi connectivity index (χ0) is 53.0. The summed E-state index contributed by atoms with van der Waals surface area (Å²) in [4.78, 5) is 13.1. The van der Waals surface area contributed by atoms with Gasteiger partial charge in [0.15, 0.2) is 14.7 Å². The second-order valence-corrected chi connectivity index (χ2v) is 20.9. The topological polar surface area (TPSA) is 40.1 Å². The molecule has 12 aromatic rings. The first-order chi connectivity index (χ1) is 38.5. The molecule has 0 atom stereocenters. The molecule has 0 N–H and O–H groups in total. The minimum absolute atomic E-state index is 0.111. The van der Waals surface area contributed by atoms with Gasteiger partial charge in [-0.2, -0.15) is 0 Å². The number of rotatable bonds is 13. The van der Waals surface area contributed by atoms with E-state index in [-0.39, 0.29) is 6.42 Å². The van der Waals surface area contributed by atoms with E-state index < -0.39 is 16.9 Å². The summed E-state index contributed by atoms with van der Waals surface area (Å²) in [6, 6.07) is 114. The summed E-state index contributed by atoms with van der Waals surface area (Å²) >= 11 is 0. The Morgan fingerprint density at radius 1 is 0.256 bits per heavy atom. The number of carbonyl (C=O) groups is 1. The number of carbonyl (C=O) groups excluding carboxylic acids is 1. The molecular formula is C75H56O2S. The second kappa shape index (κ2) is 24.0. The monoisotopic (exact) mass is 1020 g/mol. The minimum atomic E-state index is -0.995. The predicted molar refractivity (Wildman–Crippen MR) is 326 cm³/mol. The molecule has 0 fully saturated rings. The van der Waals surface area contributed by atoms with Gasteiger partial charge in [0.25, 0.3) is 0 Å². The number of carboxylic acid groups (broad SMARTS) is 1. The van der Waals surface area contributed by atoms with Crippen LogP contribution < -0.4 is 5.11 Å². The first-order valence-corrected chi connectivity index (χ1v) is 27.7. The van der Waals surface area contributed by atoms with E-state index in [1.54, 1.807) is 0 Å². The fourth-order valence-electron chi connectivity index (χ4n) is 10.2. The van der Waals surface area contributed by atoms with Gasteiger partial charge in [0, 0.05) is 39.4 Å². The van der Waals surface area contributed by atoms with Crippen molar-refractivity contribution in [2.75, 3.05) is 0 Å². The van der Waals surface area contributed by atoms with Gasteiger partial charge in [0.05, 0.1) is 0 Å². The Morgan fingerprint density at radius 3 is 0.538 bits per heavy atom. The van der Waals surface area contributed by atoms with Crippen molar-refractivity contribution in [1.29, 1.82) is 0 Å². The highest BCUT2D eigenvalue weighted by Crippen LogP contribution is 2.55. The molecule has 0 spiro atoms. The average Bonchev–Trinajstić information content (AvgIpc) is 3.65. The summed E-state index contributed by atoms with van der Waals surface area (Å²) in [5.74, 6) is -0.995. The summed E-state index contributed by atoms with van der Waals surface area (Å²) in [7, 11) is -0.881. The Kier molecular flexibility index (Phi) is 15.6. The Labute approximate surface area is 461 Å². The molecule has 0 saturated carbocycles. The van der Waals surface area contributed by atoms with Crippen molar-refractivity contribution in [3.05, 3.63) is 309 Å². The van der Waals surface area contributed by atoms with E-state index in [1.807, 2.05) is 0 Å². The van der Waals surface area contributed by atoms with Crippen LogP contribution in [0.1, 0.15) is 13.3 Å². The third-order valence-electron chi connectivity index (χ3n) is 14.0. The van der Waals surface area contributed by atoms with Crippen LogP contribution in [0, 0.1) is 0 Å². The van der Waals surface area contributed by atoms with Crippen molar-refractivity contribution in [2.45, 2.75) is 28.0 Å². The Hall–Kier alpha value is -9.54. The van der Waals surface area contributed by atoms with Crippen molar-refractivity contribution in [3.63, 3.8) is 0 Å². The summed E-state index contributed by atoms with van der Waals surface area (Å²) < 4.78 is 0. The summed E-state index contributed by atoms with van der Waals surface area (Å²) in [5, 5.41) is 9.26. The smallest absolute Gasteiger partial charge is 0.182 e. The molecule has 78 heavy (non-hydrogen) atoms. The van der Waals surface area contributed by atoms with Gasteiger partial charge < -0.3 is 9.90 Å². The van der Waals surface area contributed by atoms with Crippen molar-refractivity contribution in [3.8, 4) is 100 Å². The molecule has 12 rings (SSSR count). The molecule has 0 aliphatic heterocycles. The molecule has 0 heterocycles. The lowest BCUT2D eigenvalue weighted by Gasteiger charge is -2.26. The minimum Gasteiger partial charge on any atom is -0.550 e. The molecule has 0 radical (unpaired) electrons. The number of hydrogen-bond acceptors (Lipinski definition) is 2. The van der Waals surface area contributed by atoms with E-state index in [0.717, 1.165) is 33.4 Å². The Morgan fingerprint density at radius 2 is 0.397 bits per heavy atom. The maximum absolute atomic E-state index is 9.26. The largest absolute Gasteiger partial charge is 0.550 e. The zero-order valence-electron chi connectivity index (χ0n) is 43.4. The lowest BCUT2D eigenvalue weighted by atomic mass is 9.92. The summed E-state index contributed by atoms with van der Waals surface area (Å²) in [6.45, 7) is 1.54. The highest BCUT2D eigenvalue weighted by molar-refractivity contribution is 7.97. The fourth-order valence-corrected chi connectivity index (χ4v) is 13.2. The normalized spacial score (nSPS) is 10.9. The van der Waals surface area contributed by atoms with Gasteiger partial charge in [-0.3, -0.25) is 0 Å². The van der Waals surface area contributed by atoms with Gasteiger partial charge in [-0.25, -0.2) is 0 Å². The second-order valence-electron chi connectivity index (χ2n) is 19.0. The molecule has 0 saturated heterocycles. The van der Waals surface area contributed by atoms with Gasteiger partial charge in [-0.1, -0.05) is 280 Å². The van der Waals surface area contributed by atoms with Gasteiger partial charge in [-0.15, -0.1) is 0 Å². The van der Waals surface area contributed by atoms with E-state index in [9.17, 15) is 9.90 Å². The molecule has 0 aromatic heterocycles. The van der Waals surface area contributed by atoms with Crippen LogP contribution in [0.15, 0.2) is 324 Å². The summed E-state index contributed by atoms with van der Waals surface area (Å²) in [6.07, 6.45) is 0.111. The van der Waals surface area contributed by atoms with Crippen LogP contribution in [0.4, 0.5) is 0 Å². The molecule has 2 nitrogen and oxygen atoms in total. The molecule has 374 valence electrons. The molecule has 0 amide bonds. The van der Waals surface area contributed by atoms with E-state index >= 15 is 0 Å². The number of hydrogen-bond donors (Lipinski definition) is 0. The number of benzene rings is 12. The van der Waals surface area contributed by atoms with Gasteiger partial charge >= 0.3 is 0 Å². The standard InChI is InChI=1S/C72H51S.C3H6O2/c1-10-28-52(29-11-1)61-46-64(55-34-16-4-17-35-55)70(65(47-61)56-36-18-5-19-37-56)73(71-66(57-38-20-6-21-39-57)48-62(53-30-12-2-13-31-53)49-67(71)58-40-22-7-23-41-58)72-68(59-42-24-8-25-43-59)50-63(54-32-14-3-15-33-54)51-69(72)60-44-26-9-27-45-60;1-2-3(4)5/h1-51H;2H2,1H3,(H,4,5)/q+1;/p-1. The average molecular weight is 1020 g/mol. The Bertz CT molecular complexity index is 3320.